The molecular formula is C21H26N4O3. The monoisotopic (exact) mass is 382 g/mol. The fraction of sp³-hybridized carbons (Fsp3) is 0.238. The van der Waals surface area contributed by atoms with Crippen LogP contribution in [0.1, 0.15) is 22.7 Å². The molecule has 2 aromatic carbocycles. The number of hydrogen-bond donors (Lipinski definition) is 2. The first-order valence-electron chi connectivity index (χ1n) is 8.79. The Labute approximate surface area is 165 Å². The van der Waals surface area contributed by atoms with Crippen molar-refractivity contribution in [3.05, 3.63) is 65.2 Å². The molecule has 0 saturated carbocycles. The molecule has 4 N–H and O–H groups in total. The summed E-state index contributed by atoms with van der Waals surface area (Å²) in [5, 5.41) is 1.45. The summed E-state index contributed by atoms with van der Waals surface area (Å²) in [6, 6.07) is 12.7. The minimum atomic E-state index is -0.386. The van der Waals surface area contributed by atoms with Crippen LogP contribution in [0.2, 0.25) is 0 Å². The van der Waals surface area contributed by atoms with Gasteiger partial charge in [0.25, 0.3) is 6.47 Å². The van der Waals surface area contributed by atoms with Gasteiger partial charge in [0.1, 0.15) is 6.61 Å². The van der Waals surface area contributed by atoms with E-state index in [1.165, 1.54) is 16.0 Å². The molecule has 1 atom stereocenters. The van der Waals surface area contributed by atoms with Gasteiger partial charge < -0.3 is 20.4 Å². The maximum absolute atomic E-state index is 12.7. The smallest absolute Gasteiger partial charge is 0.293 e. The highest BCUT2D eigenvalue weighted by Crippen LogP contribution is 2.28. The zero-order valence-corrected chi connectivity index (χ0v) is 16.3. The summed E-state index contributed by atoms with van der Waals surface area (Å²) < 4.78 is 4.92. The van der Waals surface area contributed by atoms with E-state index >= 15 is 0 Å². The van der Waals surface area contributed by atoms with Crippen LogP contribution in [0, 0.1) is 6.92 Å². The Balaban J connectivity index is 2.22. The predicted molar refractivity (Wildman–Crippen MR) is 111 cm³/mol. The van der Waals surface area contributed by atoms with E-state index in [-0.39, 0.29) is 18.6 Å². The second-order valence-electron chi connectivity index (χ2n) is 6.46. The fourth-order valence-electron chi connectivity index (χ4n) is 2.89. The SMILES string of the molecule is Cc1c(/C=C/C(=O)N(C)[C@H](COC=O)c2ccccc2)ccc(N(C)N)c1N. The van der Waals surface area contributed by atoms with E-state index in [0.717, 1.165) is 16.7 Å². The predicted octanol–water partition coefficient (Wildman–Crippen LogP) is 2.27. The quantitative estimate of drug-likeness (QED) is 0.239. The number of carbonyl (C=O) groups excluding carboxylic acids is 2. The van der Waals surface area contributed by atoms with Crippen molar-refractivity contribution in [2.45, 2.75) is 13.0 Å². The van der Waals surface area contributed by atoms with E-state index in [4.69, 9.17) is 16.3 Å². The average molecular weight is 382 g/mol. The lowest BCUT2D eigenvalue weighted by atomic mass is 10.0. The van der Waals surface area contributed by atoms with Gasteiger partial charge in [0, 0.05) is 20.2 Å². The molecule has 0 fully saturated rings. The molecule has 7 nitrogen and oxygen atoms in total. The number of anilines is 2. The minimum Gasteiger partial charge on any atom is -0.465 e. The summed E-state index contributed by atoms with van der Waals surface area (Å²) in [6.45, 7) is 2.33. The van der Waals surface area contributed by atoms with Crippen molar-refractivity contribution in [2.24, 2.45) is 5.84 Å². The first-order chi connectivity index (χ1) is 13.4. The van der Waals surface area contributed by atoms with E-state index in [2.05, 4.69) is 0 Å². The maximum atomic E-state index is 12.7. The highest BCUT2D eigenvalue weighted by Gasteiger charge is 2.21. The minimum absolute atomic E-state index is 0.0765. The molecule has 0 aromatic heterocycles. The Kier molecular flexibility index (Phi) is 7.17. The number of nitrogens with two attached hydrogens (primary N) is 2. The van der Waals surface area contributed by atoms with Gasteiger partial charge in [0.15, 0.2) is 0 Å². The Bertz CT molecular complexity index is 850. The average Bonchev–Trinajstić information content (AvgIpc) is 2.69. The first kappa shape index (κ1) is 21.0. The Hall–Kier alpha value is -3.32. The Morgan fingerprint density at radius 3 is 2.46 bits per heavy atom. The van der Waals surface area contributed by atoms with Crippen molar-refractivity contribution in [1.29, 1.82) is 0 Å². The lowest BCUT2D eigenvalue weighted by Crippen LogP contribution is -2.32. The third-order valence-corrected chi connectivity index (χ3v) is 4.64. The molecule has 0 spiro atoms. The van der Waals surface area contributed by atoms with Gasteiger partial charge in [-0.05, 0) is 35.8 Å². The normalized spacial score (nSPS) is 11.9. The first-order valence-corrected chi connectivity index (χ1v) is 8.79. The fourth-order valence-corrected chi connectivity index (χ4v) is 2.89. The molecular weight excluding hydrogens is 356 g/mol. The van der Waals surface area contributed by atoms with Crippen molar-refractivity contribution in [3.8, 4) is 0 Å². The van der Waals surface area contributed by atoms with Crippen LogP contribution < -0.4 is 16.6 Å². The van der Waals surface area contributed by atoms with Gasteiger partial charge in [-0.3, -0.25) is 9.59 Å². The van der Waals surface area contributed by atoms with E-state index in [9.17, 15) is 9.59 Å². The molecule has 2 rings (SSSR count). The van der Waals surface area contributed by atoms with E-state index in [1.807, 2.05) is 43.3 Å². The summed E-state index contributed by atoms with van der Waals surface area (Å²) in [7, 11) is 3.39. The Morgan fingerprint density at radius 1 is 1.18 bits per heavy atom. The summed E-state index contributed by atoms with van der Waals surface area (Å²) in [5.74, 6) is 5.54. The molecule has 0 aliphatic heterocycles. The van der Waals surface area contributed by atoms with Crippen LogP contribution in [0.15, 0.2) is 48.5 Å². The molecule has 2 aromatic rings. The van der Waals surface area contributed by atoms with Crippen LogP contribution in [0.3, 0.4) is 0 Å². The maximum Gasteiger partial charge on any atom is 0.293 e. The van der Waals surface area contributed by atoms with Crippen LogP contribution in [-0.2, 0) is 14.3 Å². The van der Waals surface area contributed by atoms with Gasteiger partial charge in [-0.2, -0.15) is 0 Å². The summed E-state index contributed by atoms with van der Waals surface area (Å²) in [5.41, 5.74) is 9.95. The third kappa shape index (κ3) is 4.89. The number of carbonyl (C=O) groups is 2. The van der Waals surface area contributed by atoms with Crippen molar-refractivity contribution < 1.29 is 14.3 Å². The molecule has 0 saturated heterocycles. The number of benzene rings is 2. The molecule has 0 aliphatic carbocycles. The van der Waals surface area contributed by atoms with Crippen LogP contribution >= 0.6 is 0 Å². The largest absolute Gasteiger partial charge is 0.465 e. The topological polar surface area (TPSA) is 102 Å². The number of amides is 1. The molecule has 0 radical (unpaired) electrons. The number of nitrogens with zero attached hydrogens (tertiary/aromatic N) is 2. The molecule has 0 heterocycles. The van der Waals surface area contributed by atoms with Gasteiger partial charge in [-0.1, -0.05) is 36.4 Å². The summed E-state index contributed by atoms with van der Waals surface area (Å²) in [6.07, 6.45) is 3.19. The van der Waals surface area contributed by atoms with Crippen molar-refractivity contribution >= 4 is 29.8 Å². The molecule has 7 heteroatoms. The van der Waals surface area contributed by atoms with Crippen molar-refractivity contribution in [3.63, 3.8) is 0 Å². The molecule has 28 heavy (non-hydrogen) atoms. The highest BCUT2D eigenvalue weighted by molar-refractivity contribution is 5.92. The lowest BCUT2D eigenvalue weighted by molar-refractivity contribution is -0.135. The third-order valence-electron chi connectivity index (χ3n) is 4.64. The van der Waals surface area contributed by atoms with Gasteiger partial charge in [0.05, 0.1) is 17.4 Å². The van der Waals surface area contributed by atoms with E-state index in [1.54, 1.807) is 26.2 Å². The molecule has 148 valence electrons. The van der Waals surface area contributed by atoms with E-state index < -0.39 is 0 Å². The zero-order valence-electron chi connectivity index (χ0n) is 16.3. The molecule has 0 bridgehead atoms. The van der Waals surface area contributed by atoms with Crippen molar-refractivity contribution in [2.75, 3.05) is 31.4 Å². The second-order valence-corrected chi connectivity index (χ2v) is 6.46. The number of likely N-dealkylation sites (N-methyl/N-ethyl adjacent to an activating group) is 1. The van der Waals surface area contributed by atoms with Gasteiger partial charge in [-0.15, -0.1) is 0 Å². The van der Waals surface area contributed by atoms with Crippen LogP contribution in [0.25, 0.3) is 6.08 Å². The number of hydrogen-bond acceptors (Lipinski definition) is 6. The van der Waals surface area contributed by atoms with Gasteiger partial charge >= 0.3 is 0 Å². The number of hydrazine groups is 1. The van der Waals surface area contributed by atoms with E-state index in [0.29, 0.717) is 17.8 Å². The van der Waals surface area contributed by atoms with Gasteiger partial charge in [0.2, 0.25) is 5.91 Å². The number of ether oxygens (including phenoxy) is 1. The molecule has 0 unspecified atom stereocenters. The standard InChI is InChI=1S/C21H26N4O3/c1-15-16(9-11-18(21(15)22)25(3)23)10-12-20(27)24(2)19(13-28-14-26)17-7-5-4-6-8-17/h4-12,14,19H,13,22-23H2,1-3H3/b12-10+/t19-/m1/s1. The lowest BCUT2D eigenvalue weighted by Gasteiger charge is -2.27. The summed E-state index contributed by atoms with van der Waals surface area (Å²) >= 11 is 0. The number of rotatable bonds is 8. The number of nitrogen functional groups attached to an aromatic ring is 1. The molecule has 0 aliphatic rings. The highest BCUT2D eigenvalue weighted by atomic mass is 16.5. The Morgan fingerprint density at radius 2 is 1.86 bits per heavy atom. The summed E-state index contributed by atoms with van der Waals surface area (Å²) in [4.78, 5) is 24.9. The van der Waals surface area contributed by atoms with Gasteiger partial charge in [-0.25, -0.2) is 5.84 Å². The van der Waals surface area contributed by atoms with Crippen LogP contribution in [0.4, 0.5) is 11.4 Å². The van der Waals surface area contributed by atoms with Crippen LogP contribution in [0.5, 0.6) is 0 Å². The van der Waals surface area contributed by atoms with Crippen molar-refractivity contribution in [1.82, 2.24) is 4.90 Å². The van der Waals surface area contributed by atoms with Crippen LogP contribution in [-0.4, -0.2) is 38.0 Å². The zero-order chi connectivity index (χ0) is 20.7. The molecule has 1 amide bonds. The second kappa shape index (κ2) is 9.57.